The van der Waals surface area contributed by atoms with Gasteiger partial charge in [-0.25, -0.2) is 18.2 Å². The number of nitrogens with zero attached hydrogens (tertiary/aromatic N) is 1. The first-order valence-electron chi connectivity index (χ1n) is 13.2. The SMILES string of the molecule is Cc1cccc(NS(=O)(=O)c2ccc(C)c(C(=O)O[C@H](C)C(=O)Nc3ccc(-c4nc5ccc(C)cc5s4)cc3)c2)c1. The molecule has 0 fully saturated rings. The van der Waals surface area contributed by atoms with Crippen LogP contribution in [0.2, 0.25) is 0 Å². The summed E-state index contributed by atoms with van der Waals surface area (Å²) in [6, 6.07) is 24.5. The fraction of sp³-hybridized carbons (Fsp3) is 0.156. The van der Waals surface area contributed by atoms with Crippen LogP contribution in [0.25, 0.3) is 20.8 Å². The monoisotopic (exact) mass is 599 g/mol. The van der Waals surface area contributed by atoms with Crippen molar-refractivity contribution >= 4 is 54.8 Å². The Morgan fingerprint density at radius 3 is 2.33 bits per heavy atom. The van der Waals surface area contributed by atoms with Gasteiger partial charge in [0.2, 0.25) is 0 Å². The lowest BCUT2D eigenvalue weighted by molar-refractivity contribution is -0.123. The molecule has 10 heteroatoms. The lowest BCUT2D eigenvalue weighted by atomic mass is 10.1. The number of fused-ring (bicyclic) bond motifs is 1. The summed E-state index contributed by atoms with van der Waals surface area (Å²) in [6.07, 6.45) is -1.13. The molecule has 1 amide bonds. The minimum Gasteiger partial charge on any atom is -0.449 e. The van der Waals surface area contributed by atoms with E-state index >= 15 is 0 Å². The third kappa shape index (κ3) is 6.50. The van der Waals surface area contributed by atoms with Crippen LogP contribution in [0, 0.1) is 20.8 Å². The van der Waals surface area contributed by atoms with Gasteiger partial charge in [-0.1, -0.05) is 24.3 Å². The van der Waals surface area contributed by atoms with Crippen LogP contribution in [0.3, 0.4) is 0 Å². The molecule has 1 atom stereocenters. The van der Waals surface area contributed by atoms with Gasteiger partial charge in [0, 0.05) is 16.9 Å². The Hall–Kier alpha value is -4.54. The van der Waals surface area contributed by atoms with E-state index in [0.717, 1.165) is 26.4 Å². The van der Waals surface area contributed by atoms with E-state index in [9.17, 15) is 18.0 Å². The molecular formula is C32H29N3O5S2. The van der Waals surface area contributed by atoms with Gasteiger partial charge in [-0.3, -0.25) is 9.52 Å². The van der Waals surface area contributed by atoms with Crippen molar-refractivity contribution in [1.29, 1.82) is 0 Å². The highest BCUT2D eigenvalue weighted by molar-refractivity contribution is 7.92. The van der Waals surface area contributed by atoms with Gasteiger partial charge in [0.1, 0.15) is 5.01 Å². The maximum absolute atomic E-state index is 13.0. The van der Waals surface area contributed by atoms with E-state index < -0.39 is 28.0 Å². The summed E-state index contributed by atoms with van der Waals surface area (Å²) < 4.78 is 35.0. The summed E-state index contributed by atoms with van der Waals surface area (Å²) in [5.74, 6) is -1.32. The molecule has 0 aliphatic heterocycles. The number of rotatable bonds is 8. The van der Waals surface area contributed by atoms with Crippen molar-refractivity contribution in [2.75, 3.05) is 10.0 Å². The number of carbonyl (C=O) groups excluding carboxylic acids is 2. The van der Waals surface area contributed by atoms with Gasteiger partial charge in [-0.05, 0) is 105 Å². The molecule has 8 nitrogen and oxygen atoms in total. The number of sulfonamides is 1. The van der Waals surface area contributed by atoms with Crippen molar-refractivity contribution in [3.8, 4) is 10.6 Å². The zero-order valence-corrected chi connectivity index (χ0v) is 25.1. The maximum Gasteiger partial charge on any atom is 0.339 e. The molecule has 0 aliphatic rings. The number of ether oxygens (including phenoxy) is 1. The lowest BCUT2D eigenvalue weighted by Crippen LogP contribution is -2.30. The highest BCUT2D eigenvalue weighted by atomic mass is 32.2. The number of anilines is 2. The lowest BCUT2D eigenvalue weighted by Gasteiger charge is -2.15. The third-order valence-electron chi connectivity index (χ3n) is 6.61. The van der Waals surface area contributed by atoms with Crippen molar-refractivity contribution in [2.24, 2.45) is 0 Å². The molecular weight excluding hydrogens is 571 g/mol. The summed E-state index contributed by atoms with van der Waals surface area (Å²) >= 11 is 1.60. The predicted octanol–water partition coefficient (Wildman–Crippen LogP) is 6.87. The molecule has 0 aliphatic carbocycles. The number of carbonyl (C=O) groups is 2. The van der Waals surface area contributed by atoms with Gasteiger partial charge in [0.25, 0.3) is 15.9 Å². The normalized spacial score (nSPS) is 12.1. The van der Waals surface area contributed by atoms with Crippen LogP contribution in [0.15, 0.2) is 89.8 Å². The first-order valence-corrected chi connectivity index (χ1v) is 15.5. The Morgan fingerprint density at radius 1 is 0.857 bits per heavy atom. The van der Waals surface area contributed by atoms with Crippen molar-refractivity contribution < 1.29 is 22.7 Å². The number of hydrogen-bond acceptors (Lipinski definition) is 7. The summed E-state index contributed by atoms with van der Waals surface area (Å²) in [5, 5.41) is 3.63. The Morgan fingerprint density at radius 2 is 1.60 bits per heavy atom. The standard InChI is InChI=1S/C32H29N3O5S2/c1-19-6-5-7-25(16-19)35-42(38,39)26-14-9-21(3)27(18-26)32(37)40-22(4)30(36)33-24-12-10-23(11-13-24)31-34-28-15-8-20(2)17-29(28)41-31/h5-18,22,35H,1-4H3,(H,33,36)/t22-/m1/s1. The first kappa shape index (κ1) is 29.0. The van der Waals surface area contributed by atoms with E-state index in [1.807, 2.05) is 44.2 Å². The molecule has 5 rings (SSSR count). The van der Waals surface area contributed by atoms with Gasteiger partial charge in [0.05, 0.1) is 20.7 Å². The van der Waals surface area contributed by atoms with Gasteiger partial charge < -0.3 is 10.1 Å². The molecule has 0 radical (unpaired) electrons. The third-order valence-corrected chi connectivity index (χ3v) is 9.05. The molecule has 214 valence electrons. The highest BCUT2D eigenvalue weighted by Crippen LogP contribution is 2.31. The maximum atomic E-state index is 13.0. The van der Waals surface area contributed by atoms with E-state index in [2.05, 4.69) is 21.1 Å². The van der Waals surface area contributed by atoms with Crippen molar-refractivity contribution in [2.45, 2.75) is 38.7 Å². The van der Waals surface area contributed by atoms with Crippen LogP contribution in [0.4, 0.5) is 11.4 Å². The van der Waals surface area contributed by atoms with Crippen LogP contribution >= 0.6 is 11.3 Å². The number of aromatic nitrogens is 1. The van der Waals surface area contributed by atoms with Gasteiger partial charge >= 0.3 is 5.97 Å². The highest BCUT2D eigenvalue weighted by Gasteiger charge is 2.23. The molecule has 0 saturated carbocycles. The Balaban J connectivity index is 1.24. The summed E-state index contributed by atoms with van der Waals surface area (Å²) in [7, 11) is -3.96. The Kier molecular flexibility index (Phi) is 8.11. The van der Waals surface area contributed by atoms with Gasteiger partial charge in [0.15, 0.2) is 6.10 Å². The number of amides is 1. The van der Waals surface area contributed by atoms with E-state index in [0.29, 0.717) is 16.9 Å². The number of hydrogen-bond donors (Lipinski definition) is 2. The van der Waals surface area contributed by atoms with Crippen LogP contribution in [-0.4, -0.2) is 31.4 Å². The van der Waals surface area contributed by atoms with Crippen molar-refractivity contribution in [3.63, 3.8) is 0 Å². The number of nitrogens with one attached hydrogen (secondary N) is 2. The van der Waals surface area contributed by atoms with E-state index in [1.165, 1.54) is 30.7 Å². The van der Waals surface area contributed by atoms with Gasteiger partial charge in [-0.2, -0.15) is 0 Å². The minimum absolute atomic E-state index is 0.0529. The van der Waals surface area contributed by atoms with E-state index in [-0.39, 0.29) is 10.5 Å². The molecule has 1 heterocycles. The zero-order chi connectivity index (χ0) is 30.0. The smallest absolute Gasteiger partial charge is 0.339 e. The van der Waals surface area contributed by atoms with E-state index in [4.69, 9.17) is 4.74 Å². The summed E-state index contributed by atoms with van der Waals surface area (Å²) in [4.78, 5) is 30.4. The quantitative estimate of drug-likeness (QED) is 0.188. The summed E-state index contributed by atoms with van der Waals surface area (Å²) in [5.41, 5.74) is 5.45. The number of esters is 1. The van der Waals surface area contributed by atoms with Gasteiger partial charge in [-0.15, -0.1) is 11.3 Å². The molecule has 4 aromatic carbocycles. The average molecular weight is 600 g/mol. The zero-order valence-electron chi connectivity index (χ0n) is 23.5. The largest absolute Gasteiger partial charge is 0.449 e. The van der Waals surface area contributed by atoms with Crippen LogP contribution < -0.4 is 10.0 Å². The van der Waals surface area contributed by atoms with Crippen LogP contribution in [0.5, 0.6) is 0 Å². The molecule has 1 aromatic heterocycles. The topological polar surface area (TPSA) is 114 Å². The van der Waals surface area contributed by atoms with Crippen LogP contribution in [0.1, 0.15) is 34.0 Å². The minimum atomic E-state index is -3.96. The average Bonchev–Trinajstić information content (AvgIpc) is 3.36. The molecule has 0 unspecified atom stereocenters. The first-order chi connectivity index (χ1) is 20.0. The molecule has 2 N–H and O–H groups in total. The van der Waals surface area contributed by atoms with E-state index in [1.54, 1.807) is 48.6 Å². The molecule has 42 heavy (non-hydrogen) atoms. The predicted molar refractivity (Wildman–Crippen MR) is 166 cm³/mol. The number of aryl methyl sites for hydroxylation is 3. The van der Waals surface area contributed by atoms with Crippen molar-refractivity contribution in [3.05, 3.63) is 107 Å². The molecule has 5 aromatic rings. The Bertz CT molecular complexity index is 1910. The Labute approximate surface area is 248 Å². The molecule has 0 spiro atoms. The second-order valence-electron chi connectivity index (χ2n) is 10.1. The fourth-order valence-corrected chi connectivity index (χ4v) is 6.43. The van der Waals surface area contributed by atoms with Crippen molar-refractivity contribution in [1.82, 2.24) is 4.98 Å². The second-order valence-corrected chi connectivity index (χ2v) is 12.8. The second kappa shape index (κ2) is 11.8. The molecule has 0 saturated heterocycles. The fourth-order valence-electron chi connectivity index (χ4n) is 4.28. The summed E-state index contributed by atoms with van der Waals surface area (Å²) in [6.45, 7) is 7.03. The van der Waals surface area contributed by atoms with Crippen LogP contribution in [-0.2, 0) is 19.6 Å². The molecule has 0 bridgehead atoms. The number of benzene rings is 4. The number of thiazole rings is 1.